The molecule has 0 radical (unpaired) electrons. The van der Waals surface area contributed by atoms with Gasteiger partial charge in [0.2, 0.25) is 5.91 Å². The van der Waals surface area contributed by atoms with Crippen molar-refractivity contribution in [2.24, 2.45) is 0 Å². The first kappa shape index (κ1) is 25.4. The lowest BCUT2D eigenvalue weighted by molar-refractivity contribution is -0.141. The van der Waals surface area contributed by atoms with E-state index in [4.69, 9.17) is 9.84 Å². The summed E-state index contributed by atoms with van der Waals surface area (Å²) in [6, 6.07) is 3.62. The first-order valence-electron chi connectivity index (χ1n) is 11.3. The maximum Gasteiger partial charge on any atom is 0.433 e. The number of carbonyl (C=O) groups excluding carboxylic acids is 1. The molecule has 2 aliphatic rings. The molecule has 0 unspecified atom stereocenters. The van der Waals surface area contributed by atoms with E-state index in [-0.39, 0.29) is 31.1 Å². The summed E-state index contributed by atoms with van der Waals surface area (Å²) in [7, 11) is 0. The van der Waals surface area contributed by atoms with Crippen LogP contribution in [0.5, 0.6) is 0 Å². The van der Waals surface area contributed by atoms with Gasteiger partial charge < -0.3 is 14.7 Å². The number of ether oxygens (including phenoxy) is 1. The van der Waals surface area contributed by atoms with Crippen LogP contribution in [0.1, 0.15) is 38.3 Å². The topological polar surface area (TPSA) is 86.2 Å². The van der Waals surface area contributed by atoms with Crippen molar-refractivity contribution < 1.29 is 32.6 Å². The van der Waals surface area contributed by atoms with Gasteiger partial charge >= 0.3 is 12.1 Å². The van der Waals surface area contributed by atoms with Crippen molar-refractivity contribution in [2.75, 3.05) is 57.4 Å². The van der Waals surface area contributed by atoms with E-state index in [0.717, 1.165) is 6.07 Å². The lowest BCUT2D eigenvalue weighted by Gasteiger charge is -2.51. The molecule has 2 fully saturated rings. The molecule has 0 bridgehead atoms. The summed E-state index contributed by atoms with van der Waals surface area (Å²) in [5, 5.41) is 8.93. The van der Waals surface area contributed by atoms with Crippen LogP contribution in [0.25, 0.3) is 0 Å². The Morgan fingerprint density at radius 3 is 2.42 bits per heavy atom. The molecule has 1 N–H and O–H groups in total. The van der Waals surface area contributed by atoms with Crippen molar-refractivity contribution in [3.05, 3.63) is 23.9 Å². The summed E-state index contributed by atoms with van der Waals surface area (Å²) >= 11 is 0. The number of hydrogen-bond donors (Lipinski definition) is 1. The zero-order valence-corrected chi connectivity index (χ0v) is 18.8. The first-order valence-corrected chi connectivity index (χ1v) is 11.3. The molecule has 0 atom stereocenters. The van der Waals surface area contributed by atoms with Crippen molar-refractivity contribution in [3.63, 3.8) is 0 Å². The molecule has 3 rings (SSSR count). The zero-order chi connectivity index (χ0) is 24.1. The smallest absolute Gasteiger partial charge is 0.433 e. The molecule has 33 heavy (non-hydrogen) atoms. The fraction of sp³-hybridized carbons (Fsp3) is 0.682. The SMILES string of the molecule is CCC(=O)N(CC1(N2CCN(CCC(=O)O)CC2)CCOCC1)c1cccc(C(F)(F)F)n1. The van der Waals surface area contributed by atoms with Crippen LogP contribution in [0.2, 0.25) is 0 Å². The van der Waals surface area contributed by atoms with E-state index in [1.54, 1.807) is 6.92 Å². The molecule has 0 saturated carbocycles. The van der Waals surface area contributed by atoms with Crippen LogP contribution >= 0.6 is 0 Å². The van der Waals surface area contributed by atoms with Gasteiger partial charge in [-0.3, -0.25) is 19.4 Å². The normalized spacial score (nSPS) is 19.9. The molecule has 0 aliphatic carbocycles. The predicted molar refractivity (Wildman–Crippen MR) is 115 cm³/mol. The Bertz CT molecular complexity index is 822. The quantitative estimate of drug-likeness (QED) is 0.622. The third-order valence-corrected chi connectivity index (χ3v) is 6.47. The Hall–Kier alpha value is -2.24. The van der Waals surface area contributed by atoms with E-state index in [2.05, 4.69) is 14.8 Å². The molecule has 0 spiro atoms. The van der Waals surface area contributed by atoms with Gasteiger partial charge in [-0.2, -0.15) is 13.2 Å². The van der Waals surface area contributed by atoms with E-state index in [0.29, 0.717) is 58.8 Å². The van der Waals surface area contributed by atoms with Crippen LogP contribution in [0, 0.1) is 0 Å². The van der Waals surface area contributed by atoms with Crippen LogP contribution in [-0.2, 0) is 20.5 Å². The third-order valence-electron chi connectivity index (χ3n) is 6.47. The van der Waals surface area contributed by atoms with Crippen molar-refractivity contribution in [1.29, 1.82) is 0 Å². The Kier molecular flexibility index (Phi) is 8.30. The number of halogens is 3. The number of aromatic nitrogens is 1. The molecule has 8 nitrogen and oxygen atoms in total. The van der Waals surface area contributed by atoms with Crippen molar-refractivity contribution in [2.45, 2.75) is 44.3 Å². The second-order valence-corrected chi connectivity index (χ2v) is 8.52. The second kappa shape index (κ2) is 10.8. The van der Waals surface area contributed by atoms with Crippen molar-refractivity contribution in [1.82, 2.24) is 14.8 Å². The number of alkyl halides is 3. The Labute approximate surface area is 191 Å². The molecule has 0 aromatic carbocycles. The minimum atomic E-state index is -4.60. The van der Waals surface area contributed by atoms with Gasteiger partial charge in [0.25, 0.3) is 0 Å². The zero-order valence-electron chi connectivity index (χ0n) is 18.8. The van der Waals surface area contributed by atoms with Crippen LogP contribution in [0.4, 0.5) is 19.0 Å². The summed E-state index contributed by atoms with van der Waals surface area (Å²) < 4.78 is 45.3. The number of carboxylic acid groups (broad SMARTS) is 1. The van der Waals surface area contributed by atoms with Crippen LogP contribution in [0.15, 0.2) is 18.2 Å². The minimum Gasteiger partial charge on any atom is -0.481 e. The van der Waals surface area contributed by atoms with Gasteiger partial charge in [0.1, 0.15) is 11.5 Å². The van der Waals surface area contributed by atoms with Gasteiger partial charge in [-0.25, -0.2) is 4.98 Å². The summed E-state index contributed by atoms with van der Waals surface area (Å²) in [5.74, 6) is -1.11. The molecule has 3 heterocycles. The highest BCUT2D eigenvalue weighted by molar-refractivity contribution is 5.92. The van der Waals surface area contributed by atoms with Gasteiger partial charge in [-0.05, 0) is 25.0 Å². The summed E-state index contributed by atoms with van der Waals surface area (Å²) in [6.07, 6.45) is -3.07. The molecule has 2 saturated heterocycles. The lowest BCUT2D eigenvalue weighted by Crippen LogP contribution is -2.63. The Balaban J connectivity index is 1.82. The molecule has 1 aromatic rings. The van der Waals surface area contributed by atoms with E-state index in [1.807, 2.05) is 0 Å². The highest BCUT2D eigenvalue weighted by Gasteiger charge is 2.43. The average Bonchev–Trinajstić information content (AvgIpc) is 2.81. The number of pyridine rings is 1. The number of carbonyl (C=O) groups is 2. The van der Waals surface area contributed by atoms with E-state index in [1.165, 1.54) is 17.0 Å². The molecule has 184 valence electrons. The maximum atomic E-state index is 13.3. The number of anilines is 1. The molecular weight excluding hydrogens is 441 g/mol. The van der Waals surface area contributed by atoms with Gasteiger partial charge in [0.05, 0.1) is 6.42 Å². The van der Waals surface area contributed by atoms with Crippen molar-refractivity contribution in [3.8, 4) is 0 Å². The number of carboxylic acids is 1. The van der Waals surface area contributed by atoms with Gasteiger partial charge in [0, 0.05) is 64.4 Å². The van der Waals surface area contributed by atoms with Crippen LogP contribution < -0.4 is 4.90 Å². The third kappa shape index (κ3) is 6.42. The van der Waals surface area contributed by atoms with Crippen molar-refractivity contribution >= 4 is 17.7 Å². The highest BCUT2D eigenvalue weighted by Crippen LogP contribution is 2.33. The predicted octanol–water partition coefficient (Wildman–Crippen LogP) is 2.48. The highest BCUT2D eigenvalue weighted by atomic mass is 19.4. The number of piperazine rings is 1. The van der Waals surface area contributed by atoms with Gasteiger partial charge in [-0.15, -0.1) is 0 Å². The van der Waals surface area contributed by atoms with Gasteiger partial charge in [-0.1, -0.05) is 13.0 Å². The number of nitrogens with zero attached hydrogens (tertiary/aromatic N) is 4. The Morgan fingerprint density at radius 1 is 1.18 bits per heavy atom. The molecule has 1 amide bonds. The standard InChI is InChI=1S/C22H31F3N4O4/c1-2-19(30)29(18-5-3-4-17(26-18)22(23,24)25)16-21(7-14-33-15-8-21)28-12-10-27(11-13-28)9-6-20(31)32/h3-5H,2,6-16H2,1H3,(H,31,32). The molecular formula is C22H31F3N4O4. The fourth-order valence-electron chi connectivity index (χ4n) is 4.54. The number of hydrogen-bond acceptors (Lipinski definition) is 6. The van der Waals surface area contributed by atoms with Gasteiger partial charge in [0.15, 0.2) is 0 Å². The molecule has 11 heteroatoms. The molecule has 2 aliphatic heterocycles. The van der Waals surface area contributed by atoms with E-state index in [9.17, 15) is 22.8 Å². The number of amides is 1. The second-order valence-electron chi connectivity index (χ2n) is 8.52. The summed E-state index contributed by atoms with van der Waals surface area (Å²) in [4.78, 5) is 33.3. The number of aliphatic carboxylic acids is 1. The Morgan fingerprint density at radius 2 is 1.85 bits per heavy atom. The van der Waals surface area contributed by atoms with Crippen LogP contribution in [-0.4, -0.2) is 89.8 Å². The monoisotopic (exact) mass is 472 g/mol. The molecule has 1 aromatic heterocycles. The summed E-state index contributed by atoms with van der Waals surface area (Å²) in [6.45, 7) is 6.15. The number of rotatable bonds is 8. The van der Waals surface area contributed by atoms with E-state index < -0.39 is 23.4 Å². The largest absolute Gasteiger partial charge is 0.481 e. The van der Waals surface area contributed by atoms with Crippen LogP contribution in [0.3, 0.4) is 0 Å². The lowest BCUT2D eigenvalue weighted by atomic mass is 9.86. The maximum absolute atomic E-state index is 13.3. The van der Waals surface area contributed by atoms with E-state index >= 15 is 0 Å². The minimum absolute atomic E-state index is 0.00244. The summed E-state index contributed by atoms with van der Waals surface area (Å²) in [5.41, 5.74) is -1.47. The fourth-order valence-corrected chi connectivity index (χ4v) is 4.54. The first-order chi connectivity index (χ1) is 15.6. The average molecular weight is 473 g/mol.